The lowest BCUT2D eigenvalue weighted by Gasteiger charge is -2.23. The van der Waals surface area contributed by atoms with Gasteiger partial charge in [0, 0.05) is 17.7 Å². The molecule has 228 valence electrons. The molecule has 1 fully saturated rings. The molecule has 0 aliphatic carbocycles. The van der Waals surface area contributed by atoms with Crippen molar-refractivity contribution in [1.82, 2.24) is 4.98 Å². The number of non-ortho nitro benzene ring substituents is 1. The Hall–Kier alpha value is -5.62. The van der Waals surface area contributed by atoms with Gasteiger partial charge in [0.2, 0.25) is 0 Å². The number of ether oxygens (including phenoxy) is 2. The number of carbonyl (C=O) groups excluding carboxylic acids is 3. The van der Waals surface area contributed by atoms with Crippen molar-refractivity contribution in [2.45, 2.75) is 26.5 Å². The standard InChI is InChI=1S/C33H27N3O8S/c1-4-15-43-32(40)30-20(3)34-33(45-30)35-27(22-11-8-12-24(17-22)36(41)42)26(29(38)31(35)39)28(37)23-13-14-25(19(2)16-23)44-18-21-9-6-5-7-10-21/h4-14,16-17,27,37H,1,15,18H2,2-3H3/b28-26+/t27-/m0/s1. The Balaban J connectivity index is 1.59. The Morgan fingerprint density at radius 2 is 1.87 bits per heavy atom. The number of nitro groups is 1. The number of Topliss-reactive ketones (excluding diaryl/α,β-unsaturated/α-hetero) is 1. The van der Waals surface area contributed by atoms with E-state index in [2.05, 4.69) is 11.6 Å². The summed E-state index contributed by atoms with van der Waals surface area (Å²) in [5.74, 6) is -2.66. The zero-order valence-corrected chi connectivity index (χ0v) is 25.1. The molecule has 4 aromatic rings. The van der Waals surface area contributed by atoms with Crippen LogP contribution in [0.4, 0.5) is 10.8 Å². The van der Waals surface area contributed by atoms with Gasteiger partial charge in [-0.2, -0.15) is 0 Å². The third kappa shape index (κ3) is 6.22. The molecule has 11 nitrogen and oxygen atoms in total. The number of nitrogens with zero attached hydrogens (tertiary/aromatic N) is 3. The fraction of sp³-hybridized carbons (Fsp3) is 0.152. The first-order chi connectivity index (χ1) is 21.6. The predicted molar refractivity (Wildman–Crippen MR) is 167 cm³/mol. The summed E-state index contributed by atoms with van der Waals surface area (Å²) in [6.07, 6.45) is 1.40. The lowest BCUT2D eigenvalue weighted by atomic mass is 9.94. The first-order valence-electron chi connectivity index (χ1n) is 13.7. The van der Waals surface area contributed by atoms with Crippen molar-refractivity contribution in [3.05, 3.63) is 134 Å². The Bertz CT molecular complexity index is 1860. The highest BCUT2D eigenvalue weighted by atomic mass is 32.1. The number of anilines is 1. The molecule has 0 saturated carbocycles. The van der Waals surface area contributed by atoms with Crippen LogP contribution in [0.2, 0.25) is 0 Å². The Morgan fingerprint density at radius 3 is 2.56 bits per heavy atom. The number of amides is 1. The average Bonchev–Trinajstić information content (AvgIpc) is 3.55. The molecule has 1 aliphatic heterocycles. The van der Waals surface area contributed by atoms with Crippen LogP contribution in [0, 0.1) is 24.0 Å². The number of carbonyl (C=O) groups is 3. The summed E-state index contributed by atoms with van der Waals surface area (Å²) in [5.41, 5.74) is 1.74. The van der Waals surface area contributed by atoms with Gasteiger partial charge in [0.1, 0.15) is 29.6 Å². The van der Waals surface area contributed by atoms with Gasteiger partial charge in [-0.3, -0.25) is 24.6 Å². The largest absolute Gasteiger partial charge is 0.507 e. The smallest absolute Gasteiger partial charge is 0.350 e. The van der Waals surface area contributed by atoms with Crippen molar-refractivity contribution in [3.63, 3.8) is 0 Å². The van der Waals surface area contributed by atoms with Gasteiger partial charge in [-0.05, 0) is 48.7 Å². The molecule has 0 unspecified atom stereocenters. The van der Waals surface area contributed by atoms with Crippen LogP contribution >= 0.6 is 11.3 Å². The van der Waals surface area contributed by atoms with Crippen LogP contribution in [0.1, 0.15) is 43.7 Å². The average molecular weight is 626 g/mol. The number of ketones is 1. The number of aliphatic hydroxyl groups is 1. The van der Waals surface area contributed by atoms with Crippen LogP contribution in [0.3, 0.4) is 0 Å². The molecular weight excluding hydrogens is 598 g/mol. The number of aliphatic hydroxyl groups excluding tert-OH is 1. The minimum absolute atomic E-state index is 0.0171. The number of rotatable bonds is 10. The van der Waals surface area contributed by atoms with E-state index in [4.69, 9.17) is 9.47 Å². The molecular formula is C33H27N3O8S. The minimum atomic E-state index is -1.29. The number of hydrogen-bond acceptors (Lipinski definition) is 10. The highest BCUT2D eigenvalue weighted by molar-refractivity contribution is 7.17. The van der Waals surface area contributed by atoms with Crippen molar-refractivity contribution < 1.29 is 33.9 Å². The van der Waals surface area contributed by atoms with Gasteiger partial charge in [0.05, 0.1) is 22.2 Å². The fourth-order valence-electron chi connectivity index (χ4n) is 4.88. The number of thiazole rings is 1. The summed E-state index contributed by atoms with van der Waals surface area (Å²) in [4.78, 5) is 56.3. The van der Waals surface area contributed by atoms with Crippen LogP contribution in [-0.4, -0.2) is 39.3 Å². The molecule has 1 aliphatic rings. The van der Waals surface area contributed by atoms with E-state index < -0.39 is 34.4 Å². The molecule has 0 radical (unpaired) electrons. The quantitative estimate of drug-likeness (QED) is 0.0412. The van der Waals surface area contributed by atoms with Crippen molar-refractivity contribution in [3.8, 4) is 5.75 Å². The number of benzene rings is 3. The maximum Gasteiger partial charge on any atom is 0.350 e. The molecule has 2 heterocycles. The summed E-state index contributed by atoms with van der Waals surface area (Å²) in [7, 11) is 0. The number of aromatic nitrogens is 1. The van der Waals surface area contributed by atoms with E-state index in [1.54, 1.807) is 32.0 Å². The highest BCUT2D eigenvalue weighted by Gasteiger charge is 2.48. The first-order valence-corrected chi connectivity index (χ1v) is 14.5. The minimum Gasteiger partial charge on any atom is -0.507 e. The maximum absolute atomic E-state index is 13.6. The second kappa shape index (κ2) is 12.9. The molecule has 3 aromatic carbocycles. The van der Waals surface area contributed by atoms with E-state index in [0.29, 0.717) is 17.9 Å². The predicted octanol–water partition coefficient (Wildman–Crippen LogP) is 6.22. The van der Waals surface area contributed by atoms with Gasteiger partial charge in [-0.25, -0.2) is 9.78 Å². The zero-order valence-electron chi connectivity index (χ0n) is 24.3. The van der Waals surface area contributed by atoms with Crippen LogP contribution < -0.4 is 9.64 Å². The first kappa shape index (κ1) is 30.8. The lowest BCUT2D eigenvalue weighted by molar-refractivity contribution is -0.384. The Morgan fingerprint density at radius 1 is 1.11 bits per heavy atom. The molecule has 0 bridgehead atoms. The SMILES string of the molecule is C=CCOC(=O)c1sc(N2C(=O)C(=O)/C(=C(/O)c3ccc(OCc4ccccc4)c(C)c3)[C@@H]2c2cccc([N+](=O)[O-])c2)nc1C. The molecule has 1 atom stereocenters. The van der Waals surface area contributed by atoms with Gasteiger partial charge in [-0.15, -0.1) is 0 Å². The van der Waals surface area contributed by atoms with Crippen molar-refractivity contribution in [1.29, 1.82) is 0 Å². The molecule has 12 heteroatoms. The van der Waals surface area contributed by atoms with Gasteiger partial charge in [0.25, 0.3) is 11.5 Å². The molecule has 1 saturated heterocycles. The normalized spacial score (nSPS) is 15.6. The molecule has 1 amide bonds. The van der Waals surface area contributed by atoms with Gasteiger partial charge in [0.15, 0.2) is 5.13 Å². The van der Waals surface area contributed by atoms with Crippen LogP contribution in [0.5, 0.6) is 5.75 Å². The van der Waals surface area contributed by atoms with Gasteiger partial charge >= 0.3 is 11.9 Å². The maximum atomic E-state index is 13.6. The second-order valence-corrected chi connectivity index (χ2v) is 11.1. The van der Waals surface area contributed by atoms with Gasteiger partial charge < -0.3 is 14.6 Å². The third-order valence-electron chi connectivity index (χ3n) is 7.04. The summed E-state index contributed by atoms with van der Waals surface area (Å²) < 4.78 is 11.1. The lowest BCUT2D eigenvalue weighted by Crippen LogP contribution is -2.29. The molecule has 45 heavy (non-hydrogen) atoms. The van der Waals surface area contributed by atoms with E-state index in [1.807, 2.05) is 30.3 Å². The molecule has 1 aromatic heterocycles. The van der Waals surface area contributed by atoms with Crippen LogP contribution in [-0.2, 0) is 20.9 Å². The van der Waals surface area contributed by atoms with E-state index in [1.165, 1.54) is 30.3 Å². The van der Waals surface area contributed by atoms with E-state index in [9.17, 15) is 29.6 Å². The van der Waals surface area contributed by atoms with Crippen molar-refractivity contribution in [2.24, 2.45) is 0 Å². The molecule has 1 N–H and O–H groups in total. The molecule has 0 spiro atoms. The molecule has 5 rings (SSSR count). The number of hydrogen-bond donors (Lipinski definition) is 1. The second-order valence-electron chi connectivity index (χ2n) is 10.1. The summed E-state index contributed by atoms with van der Waals surface area (Å²) >= 11 is 0.826. The van der Waals surface area contributed by atoms with E-state index in [-0.39, 0.29) is 44.7 Å². The summed E-state index contributed by atoms with van der Waals surface area (Å²) in [5, 5.41) is 23.2. The van der Waals surface area contributed by atoms with Crippen LogP contribution in [0.15, 0.2) is 91.0 Å². The number of nitro benzene ring substituents is 1. The Kier molecular flexibility index (Phi) is 8.86. The topological polar surface area (TPSA) is 149 Å². The van der Waals surface area contributed by atoms with Crippen molar-refractivity contribution in [2.75, 3.05) is 11.5 Å². The highest BCUT2D eigenvalue weighted by Crippen LogP contribution is 2.44. The number of esters is 1. The van der Waals surface area contributed by atoms with Crippen molar-refractivity contribution >= 4 is 45.6 Å². The summed E-state index contributed by atoms with van der Waals surface area (Å²) in [6, 6.07) is 18.5. The number of aryl methyl sites for hydroxylation is 2. The van der Waals surface area contributed by atoms with E-state index in [0.717, 1.165) is 21.8 Å². The third-order valence-corrected chi connectivity index (χ3v) is 8.17. The monoisotopic (exact) mass is 625 g/mol. The van der Waals surface area contributed by atoms with E-state index >= 15 is 0 Å². The fourth-order valence-corrected chi connectivity index (χ4v) is 5.87. The zero-order chi connectivity index (χ0) is 32.2. The summed E-state index contributed by atoms with van der Waals surface area (Å²) in [6.45, 7) is 7.12. The van der Waals surface area contributed by atoms with Crippen LogP contribution in [0.25, 0.3) is 5.76 Å². The van der Waals surface area contributed by atoms with Gasteiger partial charge in [-0.1, -0.05) is 66.5 Å². The Labute approximate surface area is 261 Å².